The smallest absolute Gasteiger partial charge is 0.351 e. The fourth-order valence-corrected chi connectivity index (χ4v) is 2.22. The highest BCUT2D eigenvalue weighted by molar-refractivity contribution is 5.87. The molecule has 1 aliphatic heterocycles. The number of aromatic nitrogens is 2. The number of carbonyl (C=O) groups is 1. The summed E-state index contributed by atoms with van der Waals surface area (Å²) in [6.07, 6.45) is 0.824. The van der Waals surface area contributed by atoms with Crippen molar-refractivity contribution in [2.45, 2.75) is 25.7 Å². The van der Waals surface area contributed by atoms with E-state index in [0.29, 0.717) is 6.42 Å². The molecule has 3 N–H and O–H groups in total. The SMILES string of the molecule is CC(=O)Nc1ccn([C@H]2C[C@H](CO)[C@@H](CO)O2)c(=O)n1. The van der Waals surface area contributed by atoms with Crippen molar-refractivity contribution in [1.82, 2.24) is 9.55 Å². The number of nitrogens with zero attached hydrogens (tertiary/aromatic N) is 2. The zero-order chi connectivity index (χ0) is 14.7. The summed E-state index contributed by atoms with van der Waals surface area (Å²) in [6, 6.07) is 1.49. The van der Waals surface area contributed by atoms with Crippen molar-refractivity contribution < 1.29 is 19.7 Å². The molecule has 0 unspecified atom stereocenters. The van der Waals surface area contributed by atoms with Crippen LogP contribution in [0.4, 0.5) is 5.82 Å². The molecule has 0 aromatic carbocycles. The fraction of sp³-hybridized carbons (Fsp3) is 0.583. The van der Waals surface area contributed by atoms with Crippen LogP contribution < -0.4 is 11.0 Å². The van der Waals surface area contributed by atoms with Crippen molar-refractivity contribution in [2.75, 3.05) is 18.5 Å². The first-order valence-corrected chi connectivity index (χ1v) is 6.29. The molecule has 1 aromatic rings. The topological polar surface area (TPSA) is 114 Å². The first-order valence-electron chi connectivity index (χ1n) is 6.29. The van der Waals surface area contributed by atoms with Crippen LogP contribution in [-0.2, 0) is 9.53 Å². The van der Waals surface area contributed by atoms with Gasteiger partial charge in [-0.2, -0.15) is 4.98 Å². The van der Waals surface area contributed by atoms with E-state index in [2.05, 4.69) is 10.3 Å². The normalized spacial score (nSPS) is 25.6. The van der Waals surface area contributed by atoms with Gasteiger partial charge >= 0.3 is 5.69 Å². The summed E-state index contributed by atoms with van der Waals surface area (Å²) in [5.41, 5.74) is -0.559. The zero-order valence-electron chi connectivity index (χ0n) is 11.0. The molecule has 1 fully saturated rings. The van der Waals surface area contributed by atoms with Gasteiger partial charge in [0.2, 0.25) is 5.91 Å². The number of aliphatic hydroxyl groups excluding tert-OH is 2. The van der Waals surface area contributed by atoms with E-state index in [1.165, 1.54) is 23.8 Å². The van der Waals surface area contributed by atoms with Gasteiger partial charge in [-0.05, 0) is 6.07 Å². The molecule has 0 aliphatic carbocycles. The minimum Gasteiger partial charge on any atom is -0.396 e. The average molecular weight is 283 g/mol. The third kappa shape index (κ3) is 3.03. The van der Waals surface area contributed by atoms with Gasteiger partial charge in [-0.25, -0.2) is 4.79 Å². The molecule has 8 heteroatoms. The minimum absolute atomic E-state index is 0.117. The predicted octanol–water partition coefficient (Wildman–Crippen LogP) is -0.910. The molecule has 2 heterocycles. The molecule has 8 nitrogen and oxygen atoms in total. The number of rotatable bonds is 4. The highest BCUT2D eigenvalue weighted by Crippen LogP contribution is 2.32. The van der Waals surface area contributed by atoms with E-state index in [4.69, 9.17) is 9.84 Å². The number of carbonyl (C=O) groups excluding carboxylic acids is 1. The van der Waals surface area contributed by atoms with Crippen LogP contribution in [0.15, 0.2) is 17.1 Å². The van der Waals surface area contributed by atoms with E-state index in [1.54, 1.807) is 0 Å². The summed E-state index contributed by atoms with van der Waals surface area (Å²) in [5.74, 6) is -0.353. The van der Waals surface area contributed by atoms with Crippen LogP contribution in [0.1, 0.15) is 19.6 Å². The maximum absolute atomic E-state index is 11.9. The van der Waals surface area contributed by atoms with E-state index < -0.39 is 18.0 Å². The highest BCUT2D eigenvalue weighted by Gasteiger charge is 2.35. The second-order valence-corrected chi connectivity index (χ2v) is 4.67. The van der Waals surface area contributed by atoms with Gasteiger partial charge in [0.15, 0.2) is 0 Å². The molecule has 1 saturated heterocycles. The summed E-state index contributed by atoms with van der Waals surface area (Å²) >= 11 is 0. The van der Waals surface area contributed by atoms with Crippen molar-refractivity contribution in [1.29, 1.82) is 0 Å². The number of anilines is 1. The Hall–Kier alpha value is -1.77. The number of nitrogens with one attached hydrogen (secondary N) is 1. The number of ether oxygens (including phenoxy) is 1. The molecule has 2 rings (SSSR count). The third-order valence-corrected chi connectivity index (χ3v) is 3.22. The Bertz CT molecular complexity index is 532. The molecule has 0 bridgehead atoms. The lowest BCUT2D eigenvalue weighted by atomic mass is 10.0. The first kappa shape index (κ1) is 14.6. The second kappa shape index (κ2) is 6.12. The fourth-order valence-electron chi connectivity index (χ4n) is 2.22. The van der Waals surface area contributed by atoms with Gasteiger partial charge in [0.25, 0.3) is 0 Å². The minimum atomic E-state index is -0.573. The molecule has 1 aromatic heterocycles. The molecular formula is C12H17N3O5. The lowest BCUT2D eigenvalue weighted by Crippen LogP contribution is -2.28. The summed E-state index contributed by atoms with van der Waals surface area (Å²) in [6.45, 7) is 0.993. The number of hydrogen-bond donors (Lipinski definition) is 3. The maximum atomic E-state index is 11.9. The van der Waals surface area contributed by atoms with Gasteiger partial charge in [0.05, 0.1) is 12.7 Å². The third-order valence-electron chi connectivity index (χ3n) is 3.22. The monoisotopic (exact) mass is 283 g/mol. The zero-order valence-corrected chi connectivity index (χ0v) is 11.0. The van der Waals surface area contributed by atoms with Crippen molar-refractivity contribution in [2.24, 2.45) is 5.92 Å². The molecule has 0 saturated carbocycles. The van der Waals surface area contributed by atoms with Gasteiger partial charge in [-0.1, -0.05) is 0 Å². The van der Waals surface area contributed by atoms with Gasteiger partial charge in [0, 0.05) is 32.1 Å². The van der Waals surface area contributed by atoms with Crippen LogP contribution in [0.5, 0.6) is 0 Å². The summed E-state index contributed by atoms with van der Waals surface area (Å²) in [4.78, 5) is 26.5. The molecular weight excluding hydrogens is 266 g/mol. The molecule has 110 valence electrons. The number of amides is 1. The van der Waals surface area contributed by atoms with E-state index in [1.807, 2.05) is 0 Å². The molecule has 20 heavy (non-hydrogen) atoms. The molecule has 1 amide bonds. The average Bonchev–Trinajstić information content (AvgIpc) is 2.81. The van der Waals surface area contributed by atoms with E-state index in [-0.39, 0.29) is 30.9 Å². The lowest BCUT2D eigenvalue weighted by molar-refractivity contribution is -0.114. The molecule has 0 spiro atoms. The van der Waals surface area contributed by atoms with Crippen LogP contribution in [-0.4, -0.2) is 45.0 Å². The van der Waals surface area contributed by atoms with Crippen molar-refractivity contribution in [3.05, 3.63) is 22.7 Å². The lowest BCUT2D eigenvalue weighted by Gasteiger charge is -2.15. The number of hydrogen-bond acceptors (Lipinski definition) is 6. The van der Waals surface area contributed by atoms with Gasteiger partial charge in [-0.3, -0.25) is 9.36 Å². The van der Waals surface area contributed by atoms with E-state index in [0.717, 1.165) is 0 Å². The van der Waals surface area contributed by atoms with Gasteiger partial charge < -0.3 is 20.3 Å². The van der Waals surface area contributed by atoms with E-state index >= 15 is 0 Å². The Labute approximate surface area is 115 Å². The Morgan fingerprint density at radius 1 is 1.55 bits per heavy atom. The van der Waals surface area contributed by atoms with Crippen LogP contribution in [0.25, 0.3) is 0 Å². The Balaban J connectivity index is 2.18. The predicted molar refractivity (Wildman–Crippen MR) is 69.0 cm³/mol. The maximum Gasteiger partial charge on any atom is 0.351 e. The summed E-state index contributed by atoms with van der Waals surface area (Å²) < 4.78 is 6.81. The molecule has 3 atom stereocenters. The van der Waals surface area contributed by atoms with Crippen molar-refractivity contribution in [3.8, 4) is 0 Å². The Morgan fingerprint density at radius 2 is 2.30 bits per heavy atom. The van der Waals surface area contributed by atoms with Crippen molar-refractivity contribution in [3.63, 3.8) is 0 Å². The molecule has 0 radical (unpaired) electrons. The van der Waals surface area contributed by atoms with Crippen LogP contribution in [0.2, 0.25) is 0 Å². The largest absolute Gasteiger partial charge is 0.396 e. The van der Waals surface area contributed by atoms with Gasteiger partial charge in [-0.15, -0.1) is 0 Å². The standard InChI is InChI=1S/C12H17N3O5/c1-7(18)13-10-2-3-15(12(19)14-10)11-4-8(5-16)9(6-17)20-11/h2-3,8-9,11,16-17H,4-6H2,1H3,(H,13,14,18,19)/t8-,9-,11-/m1/s1. The van der Waals surface area contributed by atoms with Crippen LogP contribution >= 0.6 is 0 Å². The Kier molecular flexibility index (Phi) is 4.48. The Morgan fingerprint density at radius 3 is 2.80 bits per heavy atom. The van der Waals surface area contributed by atoms with E-state index in [9.17, 15) is 14.7 Å². The van der Waals surface area contributed by atoms with Crippen LogP contribution in [0.3, 0.4) is 0 Å². The number of aliphatic hydroxyl groups is 2. The first-order chi connectivity index (χ1) is 9.55. The van der Waals surface area contributed by atoms with Gasteiger partial charge in [0.1, 0.15) is 12.0 Å². The highest BCUT2D eigenvalue weighted by atomic mass is 16.5. The molecule has 1 aliphatic rings. The van der Waals surface area contributed by atoms with Crippen molar-refractivity contribution >= 4 is 11.7 Å². The van der Waals surface area contributed by atoms with Crippen LogP contribution in [0, 0.1) is 5.92 Å². The second-order valence-electron chi connectivity index (χ2n) is 4.67. The quantitative estimate of drug-likeness (QED) is 0.659. The summed E-state index contributed by atoms with van der Waals surface area (Å²) in [5, 5.41) is 20.8. The summed E-state index contributed by atoms with van der Waals surface area (Å²) in [7, 11) is 0.